The van der Waals surface area contributed by atoms with Gasteiger partial charge >= 0.3 is 12.1 Å². The van der Waals surface area contributed by atoms with Crippen LogP contribution in [0.4, 0.5) is 10.5 Å². The molecule has 0 spiro atoms. The van der Waals surface area contributed by atoms with Crippen LogP contribution in [0.5, 0.6) is 5.75 Å². The number of carbonyl (C=O) groups is 2. The van der Waals surface area contributed by atoms with E-state index in [1.54, 1.807) is 20.8 Å². The third kappa shape index (κ3) is 6.97. The molecule has 0 fully saturated rings. The highest BCUT2D eigenvalue weighted by Gasteiger charge is 2.20. The summed E-state index contributed by atoms with van der Waals surface area (Å²) in [6.45, 7) is 5.27. The van der Waals surface area contributed by atoms with Gasteiger partial charge in [-0.3, -0.25) is 10.1 Å². The molecule has 1 N–H and O–H groups in total. The molecule has 1 aromatic carbocycles. The average Bonchev–Trinajstić information content (AvgIpc) is 2.40. The average molecular weight is 364 g/mol. The first kappa shape index (κ1) is 19.4. The van der Waals surface area contributed by atoms with Crippen molar-refractivity contribution in [1.82, 2.24) is 0 Å². The van der Waals surface area contributed by atoms with Gasteiger partial charge in [-0.1, -0.05) is 23.2 Å². The van der Waals surface area contributed by atoms with Crippen LogP contribution in [-0.4, -0.2) is 31.4 Å². The maximum Gasteiger partial charge on any atom is 0.412 e. The molecule has 1 aromatic rings. The summed E-state index contributed by atoms with van der Waals surface area (Å²) >= 11 is 12.0. The second-order valence-electron chi connectivity index (χ2n) is 5.56. The standard InChI is InChI=1S/C15H19Cl2NO5/c1-15(2,3)23-14(20)18-13-10(17)7-9(16)8-11(13)22-6-5-12(19)21-4/h7-8H,5-6H2,1-4H3,(H,18,20). The van der Waals surface area contributed by atoms with E-state index in [0.29, 0.717) is 5.02 Å². The van der Waals surface area contributed by atoms with Crippen LogP contribution in [0.2, 0.25) is 10.0 Å². The normalized spacial score (nSPS) is 10.9. The highest BCUT2D eigenvalue weighted by atomic mass is 35.5. The Morgan fingerprint density at radius 2 is 1.87 bits per heavy atom. The SMILES string of the molecule is COC(=O)CCOc1cc(Cl)cc(Cl)c1NC(=O)OC(C)(C)C. The predicted octanol–water partition coefficient (Wildman–Crippen LogP) is 4.28. The Morgan fingerprint density at radius 3 is 2.43 bits per heavy atom. The third-order valence-corrected chi connectivity index (χ3v) is 2.95. The number of ether oxygens (including phenoxy) is 3. The number of benzene rings is 1. The van der Waals surface area contributed by atoms with Crippen LogP contribution in [-0.2, 0) is 14.3 Å². The molecule has 0 aromatic heterocycles. The number of esters is 1. The minimum atomic E-state index is -0.681. The largest absolute Gasteiger partial charge is 0.491 e. The smallest absolute Gasteiger partial charge is 0.412 e. The van der Waals surface area contributed by atoms with E-state index in [0.717, 1.165) is 0 Å². The van der Waals surface area contributed by atoms with Gasteiger partial charge in [0, 0.05) is 11.1 Å². The van der Waals surface area contributed by atoms with Gasteiger partial charge in [-0.05, 0) is 26.8 Å². The van der Waals surface area contributed by atoms with Crippen LogP contribution in [0.25, 0.3) is 0 Å². The lowest BCUT2D eigenvalue weighted by Crippen LogP contribution is -2.27. The van der Waals surface area contributed by atoms with Gasteiger partial charge in [0.2, 0.25) is 0 Å². The van der Waals surface area contributed by atoms with Crippen molar-refractivity contribution in [3.05, 3.63) is 22.2 Å². The minimum absolute atomic E-state index is 0.0480. The fraction of sp³-hybridized carbons (Fsp3) is 0.467. The van der Waals surface area contributed by atoms with E-state index in [1.807, 2.05) is 0 Å². The van der Waals surface area contributed by atoms with Crippen molar-refractivity contribution in [2.24, 2.45) is 0 Å². The van der Waals surface area contributed by atoms with Crippen LogP contribution >= 0.6 is 23.2 Å². The van der Waals surface area contributed by atoms with Crippen molar-refractivity contribution < 1.29 is 23.8 Å². The van der Waals surface area contributed by atoms with Crippen molar-refractivity contribution in [2.45, 2.75) is 32.8 Å². The molecule has 0 aliphatic rings. The Hall–Kier alpha value is -1.66. The van der Waals surface area contributed by atoms with E-state index in [2.05, 4.69) is 10.1 Å². The number of methoxy groups -OCH3 is 1. The maximum absolute atomic E-state index is 11.9. The zero-order valence-electron chi connectivity index (χ0n) is 13.4. The number of carbonyl (C=O) groups excluding carboxylic acids is 2. The summed E-state index contributed by atoms with van der Waals surface area (Å²) in [6.07, 6.45) is -0.633. The molecule has 0 bridgehead atoms. The summed E-state index contributed by atoms with van der Waals surface area (Å²) < 4.78 is 15.2. The van der Waals surface area contributed by atoms with E-state index in [1.165, 1.54) is 19.2 Å². The Morgan fingerprint density at radius 1 is 1.22 bits per heavy atom. The van der Waals surface area contributed by atoms with E-state index < -0.39 is 17.7 Å². The molecule has 0 aliphatic carbocycles. The number of amides is 1. The minimum Gasteiger partial charge on any atom is -0.491 e. The van der Waals surface area contributed by atoms with Gasteiger partial charge in [0.25, 0.3) is 0 Å². The Balaban J connectivity index is 2.88. The first-order valence-corrected chi connectivity index (χ1v) is 7.56. The van der Waals surface area contributed by atoms with E-state index in [4.69, 9.17) is 32.7 Å². The van der Waals surface area contributed by atoms with E-state index in [-0.39, 0.29) is 29.5 Å². The summed E-state index contributed by atoms with van der Waals surface area (Å²) in [5, 5.41) is 3.04. The molecular weight excluding hydrogens is 345 g/mol. The molecule has 6 nitrogen and oxygen atoms in total. The van der Waals surface area contributed by atoms with Crippen LogP contribution in [0.1, 0.15) is 27.2 Å². The van der Waals surface area contributed by atoms with Crippen LogP contribution in [0.3, 0.4) is 0 Å². The summed E-state index contributed by atoms with van der Waals surface area (Å²) in [7, 11) is 1.29. The molecule has 0 saturated carbocycles. The monoisotopic (exact) mass is 363 g/mol. The predicted molar refractivity (Wildman–Crippen MR) is 88.4 cm³/mol. The lowest BCUT2D eigenvalue weighted by atomic mass is 10.2. The second-order valence-corrected chi connectivity index (χ2v) is 6.41. The molecule has 0 unspecified atom stereocenters. The van der Waals surface area contributed by atoms with Gasteiger partial charge in [-0.15, -0.1) is 0 Å². The molecule has 8 heteroatoms. The number of rotatable bonds is 5. The summed E-state index contributed by atoms with van der Waals surface area (Å²) in [4.78, 5) is 23.0. The van der Waals surface area contributed by atoms with E-state index >= 15 is 0 Å². The molecule has 0 atom stereocenters. The molecule has 1 rings (SSSR count). The van der Waals surface area contributed by atoms with Crippen molar-refractivity contribution in [3.63, 3.8) is 0 Å². The number of anilines is 1. The first-order valence-electron chi connectivity index (χ1n) is 6.81. The van der Waals surface area contributed by atoms with Gasteiger partial charge in [0.05, 0.1) is 25.2 Å². The number of hydrogen-bond acceptors (Lipinski definition) is 5. The zero-order valence-corrected chi connectivity index (χ0v) is 14.9. The summed E-state index contributed by atoms with van der Waals surface area (Å²) in [5.41, 5.74) is -0.440. The zero-order chi connectivity index (χ0) is 17.6. The maximum atomic E-state index is 11.9. The first-order chi connectivity index (χ1) is 10.6. The third-order valence-electron chi connectivity index (χ3n) is 2.44. The van der Waals surface area contributed by atoms with Crippen LogP contribution < -0.4 is 10.1 Å². The van der Waals surface area contributed by atoms with Crippen molar-refractivity contribution in [1.29, 1.82) is 0 Å². The number of halogens is 2. The topological polar surface area (TPSA) is 73.9 Å². The Kier molecular flexibility index (Phi) is 6.97. The fourth-order valence-electron chi connectivity index (χ4n) is 1.54. The molecule has 0 heterocycles. The molecule has 1 amide bonds. The number of nitrogens with one attached hydrogen (secondary N) is 1. The summed E-state index contributed by atoms with van der Waals surface area (Å²) in [6, 6.07) is 2.94. The second kappa shape index (κ2) is 8.26. The molecule has 23 heavy (non-hydrogen) atoms. The quantitative estimate of drug-likeness (QED) is 0.790. The highest BCUT2D eigenvalue weighted by Crippen LogP contribution is 2.36. The Bertz CT molecular complexity index is 584. The van der Waals surface area contributed by atoms with Gasteiger partial charge in [0.1, 0.15) is 17.0 Å². The van der Waals surface area contributed by atoms with Crippen molar-refractivity contribution in [3.8, 4) is 5.75 Å². The van der Waals surface area contributed by atoms with Crippen LogP contribution in [0.15, 0.2) is 12.1 Å². The van der Waals surface area contributed by atoms with Gasteiger partial charge in [0.15, 0.2) is 0 Å². The van der Waals surface area contributed by atoms with Crippen molar-refractivity contribution >= 4 is 41.0 Å². The van der Waals surface area contributed by atoms with Gasteiger partial charge in [-0.25, -0.2) is 4.79 Å². The van der Waals surface area contributed by atoms with Gasteiger partial charge < -0.3 is 14.2 Å². The van der Waals surface area contributed by atoms with Crippen molar-refractivity contribution in [2.75, 3.05) is 19.0 Å². The molecule has 0 aliphatic heterocycles. The Labute approximate surface area is 145 Å². The highest BCUT2D eigenvalue weighted by molar-refractivity contribution is 6.37. The lowest BCUT2D eigenvalue weighted by Gasteiger charge is -2.21. The van der Waals surface area contributed by atoms with Crippen LogP contribution in [0, 0.1) is 0 Å². The lowest BCUT2D eigenvalue weighted by molar-refractivity contribution is -0.141. The molecule has 0 radical (unpaired) electrons. The number of hydrogen-bond donors (Lipinski definition) is 1. The van der Waals surface area contributed by atoms with E-state index in [9.17, 15) is 9.59 Å². The molecular formula is C15H19Cl2NO5. The molecule has 128 valence electrons. The molecule has 0 saturated heterocycles. The van der Waals surface area contributed by atoms with Gasteiger partial charge in [-0.2, -0.15) is 0 Å². The fourth-order valence-corrected chi connectivity index (χ4v) is 2.06. The summed E-state index contributed by atoms with van der Waals surface area (Å²) in [5.74, 6) is -0.183.